The third-order valence-electron chi connectivity index (χ3n) is 3.83. The zero-order chi connectivity index (χ0) is 15.9. The molecule has 2 aromatic rings. The van der Waals surface area contributed by atoms with Gasteiger partial charge in [0.25, 0.3) is 5.91 Å². The summed E-state index contributed by atoms with van der Waals surface area (Å²) in [4.78, 5) is 26.4. The normalized spacial score (nSPS) is 18.0. The number of amides is 1. The van der Waals surface area contributed by atoms with Crippen molar-refractivity contribution in [2.75, 3.05) is 11.4 Å². The molecule has 22 heavy (non-hydrogen) atoms. The molecular weight excluding hydrogens is 302 g/mol. The molecule has 1 aliphatic rings. The predicted octanol–water partition coefficient (Wildman–Crippen LogP) is 2.85. The predicted molar refractivity (Wildman–Crippen MR) is 84.2 cm³/mol. The maximum Gasteiger partial charge on any atom is 0.252 e. The molecule has 1 aromatic heterocycles. The molecule has 1 fully saturated rings. The van der Waals surface area contributed by atoms with Gasteiger partial charge in [-0.3, -0.25) is 9.59 Å². The molecule has 0 spiro atoms. The number of nitrogens with zero attached hydrogens (tertiary/aromatic N) is 3. The molecule has 1 saturated heterocycles. The van der Waals surface area contributed by atoms with E-state index < -0.39 is 0 Å². The SMILES string of the molecule is Cc1cc(C)n(C(=O)[C@H]2CC(=O)N(c3ccc(Cl)cc3)C2)n1. The topological polar surface area (TPSA) is 55.2 Å². The molecule has 3 rings (SSSR count). The standard InChI is InChI=1S/C16H16ClN3O2/c1-10-7-11(2)20(18-10)16(22)12-8-15(21)19(9-12)14-5-3-13(17)4-6-14/h3-7,12H,8-9H2,1-2H3/t12-/m0/s1. The van der Waals surface area contributed by atoms with Crippen molar-refractivity contribution in [1.29, 1.82) is 0 Å². The highest BCUT2D eigenvalue weighted by molar-refractivity contribution is 6.30. The molecule has 114 valence electrons. The third-order valence-corrected chi connectivity index (χ3v) is 4.08. The minimum Gasteiger partial charge on any atom is -0.312 e. The second-order valence-electron chi connectivity index (χ2n) is 5.56. The maximum atomic E-state index is 12.6. The van der Waals surface area contributed by atoms with Gasteiger partial charge in [-0.2, -0.15) is 5.10 Å². The molecule has 0 radical (unpaired) electrons. The lowest BCUT2D eigenvalue weighted by molar-refractivity contribution is -0.117. The van der Waals surface area contributed by atoms with Gasteiger partial charge < -0.3 is 4.90 Å². The van der Waals surface area contributed by atoms with Gasteiger partial charge in [0.15, 0.2) is 0 Å². The summed E-state index contributed by atoms with van der Waals surface area (Å²) in [5.74, 6) is -0.557. The van der Waals surface area contributed by atoms with Crippen LogP contribution in [0.4, 0.5) is 5.69 Å². The lowest BCUT2D eigenvalue weighted by Crippen LogP contribution is -2.28. The molecule has 6 heteroatoms. The molecule has 5 nitrogen and oxygen atoms in total. The highest BCUT2D eigenvalue weighted by atomic mass is 35.5. The van der Waals surface area contributed by atoms with Crippen LogP contribution in [0, 0.1) is 19.8 Å². The van der Waals surface area contributed by atoms with Crippen molar-refractivity contribution in [3.8, 4) is 0 Å². The van der Waals surface area contributed by atoms with Gasteiger partial charge in [-0.05, 0) is 44.2 Å². The van der Waals surface area contributed by atoms with Gasteiger partial charge in [0.1, 0.15) is 0 Å². The van der Waals surface area contributed by atoms with Crippen molar-refractivity contribution in [3.63, 3.8) is 0 Å². The van der Waals surface area contributed by atoms with Crippen molar-refractivity contribution in [2.45, 2.75) is 20.3 Å². The van der Waals surface area contributed by atoms with E-state index in [0.717, 1.165) is 17.1 Å². The lowest BCUT2D eigenvalue weighted by Gasteiger charge is -2.16. The summed E-state index contributed by atoms with van der Waals surface area (Å²) >= 11 is 5.86. The Morgan fingerprint density at radius 2 is 1.95 bits per heavy atom. The Morgan fingerprint density at radius 3 is 2.55 bits per heavy atom. The fourth-order valence-electron chi connectivity index (χ4n) is 2.77. The van der Waals surface area contributed by atoms with Gasteiger partial charge in [0.2, 0.25) is 5.91 Å². The van der Waals surface area contributed by atoms with E-state index >= 15 is 0 Å². The summed E-state index contributed by atoms with van der Waals surface area (Å²) < 4.78 is 1.40. The fourth-order valence-corrected chi connectivity index (χ4v) is 2.89. The van der Waals surface area contributed by atoms with Gasteiger partial charge in [0.05, 0.1) is 11.6 Å². The number of carbonyl (C=O) groups excluding carboxylic acids is 2. The number of hydrogen-bond acceptors (Lipinski definition) is 3. The number of rotatable bonds is 2. The zero-order valence-corrected chi connectivity index (χ0v) is 13.2. The van der Waals surface area contributed by atoms with Crippen molar-refractivity contribution in [1.82, 2.24) is 9.78 Å². The Labute approximate surface area is 133 Å². The molecule has 0 unspecified atom stereocenters. The minimum absolute atomic E-state index is 0.0535. The maximum absolute atomic E-state index is 12.6. The fraction of sp³-hybridized carbons (Fsp3) is 0.312. The number of hydrogen-bond donors (Lipinski definition) is 0. The number of aromatic nitrogens is 2. The van der Waals surface area contributed by atoms with Gasteiger partial charge >= 0.3 is 0 Å². The zero-order valence-electron chi connectivity index (χ0n) is 12.4. The van der Waals surface area contributed by atoms with Gasteiger partial charge in [-0.1, -0.05) is 11.6 Å². The van der Waals surface area contributed by atoms with E-state index in [4.69, 9.17) is 11.6 Å². The van der Waals surface area contributed by atoms with E-state index in [0.29, 0.717) is 11.6 Å². The van der Waals surface area contributed by atoms with Crippen LogP contribution in [0.2, 0.25) is 5.02 Å². The average Bonchev–Trinajstić information content (AvgIpc) is 3.02. The molecule has 2 heterocycles. The second kappa shape index (κ2) is 5.57. The number of halogens is 1. The van der Waals surface area contributed by atoms with Gasteiger partial charge in [-0.25, -0.2) is 4.68 Å². The number of aryl methyl sites for hydroxylation is 2. The van der Waals surface area contributed by atoms with Crippen molar-refractivity contribution >= 4 is 29.1 Å². The van der Waals surface area contributed by atoms with Crippen LogP contribution in [-0.4, -0.2) is 28.1 Å². The van der Waals surface area contributed by atoms with Gasteiger partial charge in [0, 0.05) is 29.4 Å². The first-order valence-electron chi connectivity index (χ1n) is 7.09. The van der Waals surface area contributed by atoms with Crippen LogP contribution in [0.15, 0.2) is 30.3 Å². The summed E-state index contributed by atoms with van der Waals surface area (Å²) in [6, 6.07) is 8.90. The Balaban J connectivity index is 1.81. The van der Waals surface area contributed by atoms with E-state index in [1.54, 1.807) is 29.2 Å². The summed E-state index contributed by atoms with van der Waals surface area (Å²) in [5, 5.41) is 4.83. The molecular formula is C16H16ClN3O2. The highest BCUT2D eigenvalue weighted by Gasteiger charge is 2.36. The summed E-state index contributed by atoms with van der Waals surface area (Å²) in [6.07, 6.45) is 0.208. The van der Waals surface area contributed by atoms with Crippen LogP contribution in [-0.2, 0) is 4.79 Å². The van der Waals surface area contributed by atoms with Crippen molar-refractivity contribution in [2.24, 2.45) is 5.92 Å². The first-order valence-corrected chi connectivity index (χ1v) is 7.47. The average molecular weight is 318 g/mol. The third kappa shape index (κ3) is 2.64. The quantitative estimate of drug-likeness (QED) is 0.856. The molecule has 1 atom stereocenters. The van der Waals surface area contributed by atoms with Crippen LogP contribution >= 0.6 is 11.6 Å². The van der Waals surface area contributed by atoms with E-state index in [1.165, 1.54) is 4.68 Å². The van der Waals surface area contributed by atoms with E-state index in [2.05, 4.69) is 5.10 Å². The van der Waals surface area contributed by atoms with Crippen LogP contribution in [0.5, 0.6) is 0 Å². The van der Waals surface area contributed by atoms with Crippen molar-refractivity contribution < 1.29 is 9.59 Å². The second-order valence-corrected chi connectivity index (χ2v) is 6.00. The first kappa shape index (κ1) is 14.8. The summed E-state index contributed by atoms with van der Waals surface area (Å²) in [6.45, 7) is 4.06. The molecule has 0 bridgehead atoms. The molecule has 1 amide bonds. The summed E-state index contributed by atoms with van der Waals surface area (Å²) in [7, 11) is 0. The number of benzene rings is 1. The van der Waals surface area contributed by atoms with Crippen molar-refractivity contribution in [3.05, 3.63) is 46.7 Å². The van der Waals surface area contributed by atoms with Crippen LogP contribution in [0.25, 0.3) is 0 Å². The summed E-state index contributed by atoms with van der Waals surface area (Å²) in [5.41, 5.74) is 2.35. The van der Waals surface area contributed by atoms with Gasteiger partial charge in [-0.15, -0.1) is 0 Å². The Hall–Kier alpha value is -2.14. The monoisotopic (exact) mass is 317 g/mol. The molecule has 1 aromatic carbocycles. The van der Waals surface area contributed by atoms with Crippen LogP contribution in [0.3, 0.4) is 0 Å². The van der Waals surface area contributed by atoms with E-state index in [-0.39, 0.29) is 24.2 Å². The Bertz CT molecular complexity index is 736. The Morgan fingerprint density at radius 1 is 1.27 bits per heavy atom. The lowest BCUT2D eigenvalue weighted by atomic mass is 10.1. The van der Waals surface area contributed by atoms with E-state index in [1.807, 2.05) is 19.9 Å². The highest BCUT2D eigenvalue weighted by Crippen LogP contribution is 2.27. The molecule has 0 saturated carbocycles. The van der Waals surface area contributed by atoms with Crippen LogP contribution < -0.4 is 4.90 Å². The first-order chi connectivity index (χ1) is 10.5. The number of carbonyl (C=O) groups is 2. The number of anilines is 1. The van der Waals surface area contributed by atoms with E-state index in [9.17, 15) is 9.59 Å². The minimum atomic E-state index is -0.374. The molecule has 0 N–H and O–H groups in total. The van der Waals surface area contributed by atoms with Crippen LogP contribution in [0.1, 0.15) is 22.6 Å². The molecule has 1 aliphatic heterocycles. The largest absolute Gasteiger partial charge is 0.312 e. The smallest absolute Gasteiger partial charge is 0.252 e. The molecule has 0 aliphatic carbocycles. The Kier molecular flexibility index (Phi) is 3.74.